The Morgan fingerprint density at radius 2 is 1.10 bits per heavy atom. The third kappa shape index (κ3) is 33.0. The van der Waals surface area contributed by atoms with Gasteiger partial charge in [-0.25, -0.2) is 0 Å². The third-order valence-corrected chi connectivity index (χ3v) is 7.48. The van der Waals surface area contributed by atoms with Crippen LogP contribution in [0.15, 0.2) is 36.5 Å². The molecule has 4 heteroatoms. The van der Waals surface area contributed by atoms with E-state index >= 15 is 0 Å². The van der Waals surface area contributed by atoms with Crippen molar-refractivity contribution in [1.29, 1.82) is 0 Å². The van der Waals surface area contributed by atoms with Gasteiger partial charge in [-0.15, -0.1) is 0 Å². The number of hydrogen-bond acceptors (Lipinski definition) is 4. The standard InChI is InChI=1S/C37H68O4/c1-3-5-7-9-11-13-15-17-18-19-21-23-25-27-29-31-33-40-35-36(34-38)41-37(39)32-30-28-26-24-22-20-16-14-12-10-8-6-4-2/h5,7,11,13,17-18,36,38H,3-4,6,8-10,12,14-16,19-35H2,1-2H3/b7-5-,13-11-,18-17-. The van der Waals surface area contributed by atoms with Crippen molar-refractivity contribution < 1.29 is 19.4 Å². The molecular formula is C37H68O4. The molecule has 4 nitrogen and oxygen atoms in total. The normalized spacial score (nSPS) is 12.8. The number of aliphatic hydroxyl groups excluding tert-OH is 1. The third-order valence-electron chi connectivity index (χ3n) is 7.48. The zero-order valence-corrected chi connectivity index (χ0v) is 27.3. The highest BCUT2D eigenvalue weighted by atomic mass is 16.6. The lowest BCUT2D eigenvalue weighted by atomic mass is 10.0. The largest absolute Gasteiger partial charge is 0.457 e. The van der Waals surface area contributed by atoms with Gasteiger partial charge in [0.15, 0.2) is 0 Å². The molecule has 0 fully saturated rings. The molecule has 1 N–H and O–H groups in total. The van der Waals surface area contributed by atoms with Crippen LogP contribution in [0.3, 0.4) is 0 Å². The molecule has 0 spiro atoms. The number of unbranched alkanes of at least 4 members (excludes halogenated alkanes) is 18. The Morgan fingerprint density at radius 3 is 1.66 bits per heavy atom. The lowest BCUT2D eigenvalue weighted by Crippen LogP contribution is -2.27. The predicted octanol–water partition coefficient (Wildman–Crippen LogP) is 11.0. The molecule has 0 aromatic carbocycles. The van der Waals surface area contributed by atoms with Crippen LogP contribution in [0, 0.1) is 0 Å². The van der Waals surface area contributed by atoms with Crippen molar-refractivity contribution in [1.82, 2.24) is 0 Å². The minimum absolute atomic E-state index is 0.175. The van der Waals surface area contributed by atoms with Crippen LogP contribution < -0.4 is 0 Å². The number of allylic oxidation sites excluding steroid dienone is 6. The summed E-state index contributed by atoms with van der Waals surface area (Å²) in [7, 11) is 0. The molecule has 41 heavy (non-hydrogen) atoms. The van der Waals surface area contributed by atoms with E-state index in [4.69, 9.17) is 9.47 Å². The van der Waals surface area contributed by atoms with Crippen molar-refractivity contribution >= 4 is 5.97 Å². The van der Waals surface area contributed by atoms with Crippen molar-refractivity contribution in [3.8, 4) is 0 Å². The van der Waals surface area contributed by atoms with E-state index in [0.29, 0.717) is 13.0 Å². The van der Waals surface area contributed by atoms with Gasteiger partial charge in [0.25, 0.3) is 0 Å². The summed E-state index contributed by atoms with van der Waals surface area (Å²) in [6, 6.07) is 0. The average molecular weight is 577 g/mol. The highest BCUT2D eigenvalue weighted by molar-refractivity contribution is 5.69. The van der Waals surface area contributed by atoms with E-state index in [1.165, 1.54) is 103 Å². The van der Waals surface area contributed by atoms with E-state index in [1.54, 1.807) is 0 Å². The number of hydrogen-bond donors (Lipinski definition) is 1. The molecule has 1 atom stereocenters. The van der Waals surface area contributed by atoms with Gasteiger partial charge in [-0.05, 0) is 44.9 Å². The maximum absolute atomic E-state index is 12.1. The van der Waals surface area contributed by atoms with Crippen LogP contribution >= 0.6 is 0 Å². The lowest BCUT2D eigenvalue weighted by molar-refractivity contribution is -0.154. The molecule has 0 aliphatic carbocycles. The monoisotopic (exact) mass is 577 g/mol. The van der Waals surface area contributed by atoms with Crippen molar-refractivity contribution in [2.75, 3.05) is 19.8 Å². The molecule has 0 aromatic rings. The molecule has 0 bridgehead atoms. The number of carbonyl (C=O) groups excluding carboxylic acids is 1. The Labute approximate surface area is 255 Å². The van der Waals surface area contributed by atoms with Gasteiger partial charge in [-0.2, -0.15) is 0 Å². The average Bonchev–Trinajstić information content (AvgIpc) is 2.98. The van der Waals surface area contributed by atoms with Gasteiger partial charge >= 0.3 is 5.97 Å². The van der Waals surface area contributed by atoms with Crippen molar-refractivity contribution in [3.63, 3.8) is 0 Å². The maximum Gasteiger partial charge on any atom is 0.306 e. The Bertz CT molecular complexity index is 610. The van der Waals surface area contributed by atoms with Crippen LogP contribution in [0.5, 0.6) is 0 Å². The molecule has 0 rings (SSSR count). The second-order valence-corrected chi connectivity index (χ2v) is 11.6. The second-order valence-electron chi connectivity index (χ2n) is 11.6. The highest BCUT2D eigenvalue weighted by Crippen LogP contribution is 2.13. The molecule has 1 unspecified atom stereocenters. The summed E-state index contributed by atoms with van der Waals surface area (Å²) in [4.78, 5) is 12.1. The van der Waals surface area contributed by atoms with E-state index in [2.05, 4.69) is 50.3 Å². The second kappa shape index (κ2) is 34.8. The molecule has 0 aliphatic rings. The van der Waals surface area contributed by atoms with E-state index in [1.807, 2.05) is 0 Å². The van der Waals surface area contributed by atoms with Gasteiger partial charge in [0.1, 0.15) is 6.10 Å². The van der Waals surface area contributed by atoms with Crippen LogP contribution in [0.1, 0.15) is 168 Å². The number of ether oxygens (including phenoxy) is 2. The van der Waals surface area contributed by atoms with Gasteiger partial charge in [0, 0.05) is 13.0 Å². The van der Waals surface area contributed by atoms with Crippen LogP contribution in [0.2, 0.25) is 0 Å². The first-order chi connectivity index (χ1) is 20.2. The van der Waals surface area contributed by atoms with Crippen LogP contribution in [-0.4, -0.2) is 37.0 Å². The quantitative estimate of drug-likeness (QED) is 0.0491. The minimum atomic E-state index is -0.536. The first-order valence-electron chi connectivity index (χ1n) is 17.6. The molecule has 0 aromatic heterocycles. The van der Waals surface area contributed by atoms with Crippen molar-refractivity contribution in [3.05, 3.63) is 36.5 Å². The van der Waals surface area contributed by atoms with E-state index in [0.717, 1.165) is 44.9 Å². The van der Waals surface area contributed by atoms with Crippen LogP contribution in [-0.2, 0) is 14.3 Å². The lowest BCUT2D eigenvalue weighted by Gasteiger charge is -2.15. The smallest absolute Gasteiger partial charge is 0.306 e. The van der Waals surface area contributed by atoms with E-state index in [-0.39, 0.29) is 19.2 Å². The zero-order valence-electron chi connectivity index (χ0n) is 27.3. The summed E-state index contributed by atoms with van der Waals surface area (Å²) in [5.41, 5.74) is 0. The van der Waals surface area contributed by atoms with Gasteiger partial charge in [0.05, 0.1) is 13.2 Å². The van der Waals surface area contributed by atoms with E-state index < -0.39 is 6.10 Å². The summed E-state index contributed by atoms with van der Waals surface area (Å²) < 4.78 is 11.1. The van der Waals surface area contributed by atoms with Gasteiger partial charge < -0.3 is 14.6 Å². The molecule has 240 valence electrons. The van der Waals surface area contributed by atoms with Crippen LogP contribution in [0.25, 0.3) is 0 Å². The fourth-order valence-electron chi connectivity index (χ4n) is 4.87. The molecule has 0 radical (unpaired) electrons. The van der Waals surface area contributed by atoms with Crippen molar-refractivity contribution in [2.24, 2.45) is 0 Å². The summed E-state index contributed by atoms with van der Waals surface area (Å²) in [6.45, 7) is 5.21. The fraction of sp³-hybridized carbons (Fsp3) is 0.811. The Morgan fingerprint density at radius 1 is 0.610 bits per heavy atom. The highest BCUT2D eigenvalue weighted by Gasteiger charge is 2.13. The molecule has 0 saturated heterocycles. The Hall–Kier alpha value is -1.39. The van der Waals surface area contributed by atoms with Gasteiger partial charge in [-0.1, -0.05) is 153 Å². The number of aliphatic hydroxyl groups is 1. The fourth-order valence-corrected chi connectivity index (χ4v) is 4.87. The summed E-state index contributed by atoms with van der Waals surface area (Å²) in [6.07, 6.45) is 41.8. The molecule has 0 saturated carbocycles. The Kier molecular flexibility index (Phi) is 33.6. The number of esters is 1. The number of carbonyl (C=O) groups is 1. The van der Waals surface area contributed by atoms with Crippen LogP contribution in [0.4, 0.5) is 0 Å². The topological polar surface area (TPSA) is 55.8 Å². The zero-order chi connectivity index (χ0) is 29.9. The van der Waals surface area contributed by atoms with Gasteiger partial charge in [-0.3, -0.25) is 4.79 Å². The van der Waals surface area contributed by atoms with Gasteiger partial charge in [0.2, 0.25) is 0 Å². The summed E-state index contributed by atoms with van der Waals surface area (Å²) in [5, 5.41) is 9.53. The summed E-state index contributed by atoms with van der Waals surface area (Å²) >= 11 is 0. The molecule has 0 aliphatic heterocycles. The number of rotatable bonds is 32. The minimum Gasteiger partial charge on any atom is -0.457 e. The summed E-state index contributed by atoms with van der Waals surface area (Å²) in [5.74, 6) is -0.207. The first-order valence-corrected chi connectivity index (χ1v) is 17.6. The molecular weight excluding hydrogens is 508 g/mol. The molecule has 0 heterocycles. The first kappa shape index (κ1) is 39.6. The predicted molar refractivity (Wildman–Crippen MR) is 177 cm³/mol. The van der Waals surface area contributed by atoms with E-state index in [9.17, 15) is 9.90 Å². The molecule has 0 amide bonds. The van der Waals surface area contributed by atoms with Crippen molar-refractivity contribution in [2.45, 2.75) is 174 Å². The SMILES string of the molecule is CC/C=C\C/C=C\C/C=C\CCCCCCCCOCC(CO)OC(=O)CCCCCCCCCCCCCCC. The maximum atomic E-state index is 12.1. The Balaban J connectivity index is 3.46.